The Kier molecular flexibility index (Phi) is 7.33. The molecule has 5 heteroatoms. The molecule has 1 unspecified atom stereocenters. The summed E-state index contributed by atoms with van der Waals surface area (Å²) in [6.07, 6.45) is 3.98. The maximum absolute atomic E-state index is 11.1. The largest absolute Gasteiger partial charge is 0.493 e. The van der Waals surface area contributed by atoms with E-state index in [1.165, 1.54) is 11.1 Å². The maximum Gasteiger partial charge on any atom is 0.161 e. The summed E-state index contributed by atoms with van der Waals surface area (Å²) in [5.74, 6) is 2.09. The normalized spacial score (nSPS) is 12.4. The van der Waals surface area contributed by atoms with E-state index in [2.05, 4.69) is 30.5 Å². The van der Waals surface area contributed by atoms with Gasteiger partial charge in [-0.05, 0) is 73.7 Å². The van der Waals surface area contributed by atoms with Crippen LogP contribution in [0.1, 0.15) is 47.5 Å². The predicted octanol–water partition coefficient (Wildman–Crippen LogP) is 6.25. The number of ether oxygens (including phenoxy) is 2. The van der Waals surface area contributed by atoms with Crippen molar-refractivity contribution in [1.29, 1.82) is 0 Å². The van der Waals surface area contributed by atoms with Crippen LogP contribution in [0.2, 0.25) is 0 Å². The molecule has 0 bridgehead atoms. The lowest BCUT2D eigenvalue weighted by Gasteiger charge is -2.15. The second-order valence-corrected chi connectivity index (χ2v) is 8.47. The minimum atomic E-state index is -0.797. The Morgan fingerprint density at radius 2 is 1.76 bits per heavy atom. The monoisotopic (exact) mass is 456 g/mol. The highest BCUT2D eigenvalue weighted by Crippen LogP contribution is 2.30. The van der Waals surface area contributed by atoms with Crippen molar-refractivity contribution in [1.82, 2.24) is 9.55 Å². The van der Waals surface area contributed by atoms with Gasteiger partial charge in [-0.3, -0.25) is 0 Å². The second kappa shape index (κ2) is 10.6. The lowest BCUT2D eigenvalue weighted by Crippen LogP contribution is -2.12. The lowest BCUT2D eigenvalue weighted by molar-refractivity contribution is 0.203. The van der Waals surface area contributed by atoms with Gasteiger partial charge in [0.25, 0.3) is 0 Å². The van der Waals surface area contributed by atoms with E-state index in [0.29, 0.717) is 19.0 Å². The Hall–Kier alpha value is -3.57. The third-order valence-electron chi connectivity index (χ3n) is 6.08. The average Bonchev–Trinajstić information content (AvgIpc) is 3.19. The van der Waals surface area contributed by atoms with E-state index in [1.54, 1.807) is 7.11 Å². The summed E-state index contributed by atoms with van der Waals surface area (Å²) >= 11 is 0. The average molecular weight is 457 g/mol. The van der Waals surface area contributed by atoms with Gasteiger partial charge in [0.1, 0.15) is 11.9 Å². The van der Waals surface area contributed by atoms with Crippen LogP contribution in [-0.2, 0) is 6.54 Å². The van der Waals surface area contributed by atoms with Gasteiger partial charge in [-0.1, -0.05) is 48.6 Å². The third kappa shape index (κ3) is 5.00. The molecule has 1 atom stereocenters. The van der Waals surface area contributed by atoms with Crippen LogP contribution >= 0.6 is 0 Å². The van der Waals surface area contributed by atoms with Crippen molar-refractivity contribution in [3.8, 4) is 11.5 Å². The van der Waals surface area contributed by atoms with E-state index < -0.39 is 6.10 Å². The standard InChI is InChI=1S/C29H32N2O3/c1-5-10-22-13-14-26(27(19-22)33-4)34-16-9-15-31-25-18-21(3)20(2)17-24(25)30-29(31)28(32)23-11-7-6-8-12-23/h5-8,10-14,17-19,28,32H,9,15-16H2,1-4H3/b10-5+. The van der Waals surface area contributed by atoms with Crippen molar-refractivity contribution >= 4 is 17.1 Å². The summed E-state index contributed by atoms with van der Waals surface area (Å²) in [7, 11) is 1.65. The molecule has 0 radical (unpaired) electrons. The number of benzene rings is 3. The first-order valence-electron chi connectivity index (χ1n) is 11.7. The van der Waals surface area contributed by atoms with E-state index in [1.807, 2.05) is 67.6 Å². The van der Waals surface area contributed by atoms with E-state index in [0.717, 1.165) is 40.1 Å². The first-order chi connectivity index (χ1) is 16.5. The molecule has 0 aliphatic carbocycles. The fourth-order valence-corrected chi connectivity index (χ4v) is 4.13. The molecule has 1 aromatic heterocycles. The van der Waals surface area contributed by atoms with Gasteiger partial charge in [0.2, 0.25) is 0 Å². The second-order valence-electron chi connectivity index (χ2n) is 8.47. The summed E-state index contributed by atoms with van der Waals surface area (Å²) in [5, 5.41) is 11.1. The van der Waals surface area contributed by atoms with Gasteiger partial charge in [0, 0.05) is 6.54 Å². The number of rotatable bonds is 9. The van der Waals surface area contributed by atoms with Crippen LogP contribution in [0.25, 0.3) is 17.1 Å². The van der Waals surface area contributed by atoms with Gasteiger partial charge < -0.3 is 19.1 Å². The van der Waals surface area contributed by atoms with Gasteiger partial charge in [-0.2, -0.15) is 0 Å². The van der Waals surface area contributed by atoms with E-state index >= 15 is 0 Å². The number of imidazole rings is 1. The van der Waals surface area contributed by atoms with Gasteiger partial charge >= 0.3 is 0 Å². The molecule has 0 amide bonds. The van der Waals surface area contributed by atoms with Crippen molar-refractivity contribution in [3.63, 3.8) is 0 Å². The lowest BCUT2D eigenvalue weighted by atomic mass is 10.1. The number of hydrogen-bond donors (Lipinski definition) is 1. The highest BCUT2D eigenvalue weighted by Gasteiger charge is 2.20. The summed E-state index contributed by atoms with van der Waals surface area (Å²) < 4.78 is 13.7. The Labute approximate surface area is 201 Å². The van der Waals surface area contributed by atoms with Crippen LogP contribution in [0.3, 0.4) is 0 Å². The number of nitrogens with zero attached hydrogens (tertiary/aromatic N) is 2. The minimum absolute atomic E-state index is 0.519. The molecule has 4 rings (SSSR count). The van der Waals surface area contributed by atoms with Gasteiger partial charge in [-0.25, -0.2) is 4.98 Å². The fraction of sp³-hybridized carbons (Fsp3) is 0.276. The van der Waals surface area contributed by atoms with E-state index in [4.69, 9.17) is 14.5 Å². The van der Waals surface area contributed by atoms with Crippen LogP contribution < -0.4 is 9.47 Å². The number of allylic oxidation sites excluding steroid dienone is 1. The topological polar surface area (TPSA) is 56.5 Å². The molecule has 1 N–H and O–H groups in total. The highest BCUT2D eigenvalue weighted by molar-refractivity contribution is 5.78. The zero-order valence-corrected chi connectivity index (χ0v) is 20.3. The third-order valence-corrected chi connectivity index (χ3v) is 6.08. The fourth-order valence-electron chi connectivity index (χ4n) is 4.13. The molecule has 5 nitrogen and oxygen atoms in total. The smallest absolute Gasteiger partial charge is 0.161 e. The summed E-state index contributed by atoms with van der Waals surface area (Å²) in [4.78, 5) is 4.83. The van der Waals surface area contributed by atoms with E-state index in [9.17, 15) is 5.11 Å². The SMILES string of the molecule is C/C=C/c1ccc(OCCCn2c(C(O)c3ccccc3)nc3cc(C)c(C)cc32)c(OC)c1. The van der Waals surface area contributed by atoms with Crippen LogP contribution in [-0.4, -0.2) is 28.4 Å². The first-order valence-corrected chi connectivity index (χ1v) is 11.7. The molecular weight excluding hydrogens is 424 g/mol. The number of aryl methyl sites for hydroxylation is 3. The number of hydrogen-bond acceptors (Lipinski definition) is 4. The Morgan fingerprint density at radius 3 is 2.50 bits per heavy atom. The quantitative estimate of drug-likeness (QED) is 0.303. The first kappa shape index (κ1) is 23.6. The number of aliphatic hydroxyl groups is 1. The molecule has 0 fully saturated rings. The van der Waals surface area contributed by atoms with Gasteiger partial charge in [-0.15, -0.1) is 0 Å². The predicted molar refractivity (Wildman–Crippen MR) is 138 cm³/mol. The molecule has 0 aliphatic rings. The van der Waals surface area contributed by atoms with Gasteiger partial charge in [0.05, 0.1) is 24.8 Å². The molecule has 0 saturated heterocycles. The Bertz CT molecular complexity index is 1290. The number of fused-ring (bicyclic) bond motifs is 1. The summed E-state index contributed by atoms with van der Waals surface area (Å²) in [5.41, 5.74) is 6.22. The van der Waals surface area contributed by atoms with Crippen molar-refractivity contribution in [2.45, 2.75) is 39.8 Å². The highest BCUT2D eigenvalue weighted by atomic mass is 16.5. The summed E-state index contributed by atoms with van der Waals surface area (Å²) in [6, 6.07) is 19.8. The maximum atomic E-state index is 11.1. The minimum Gasteiger partial charge on any atom is -0.493 e. The molecule has 4 aromatic rings. The van der Waals surface area contributed by atoms with Crippen LogP contribution in [0.5, 0.6) is 11.5 Å². The molecular formula is C29H32N2O3. The summed E-state index contributed by atoms with van der Waals surface area (Å²) in [6.45, 7) is 7.38. The van der Waals surface area contributed by atoms with Crippen LogP contribution in [0, 0.1) is 13.8 Å². The van der Waals surface area contributed by atoms with Crippen molar-refractivity contribution in [3.05, 3.63) is 94.8 Å². The van der Waals surface area contributed by atoms with Crippen molar-refractivity contribution in [2.24, 2.45) is 0 Å². The van der Waals surface area contributed by atoms with Crippen molar-refractivity contribution in [2.75, 3.05) is 13.7 Å². The molecule has 1 heterocycles. The molecule has 0 spiro atoms. The van der Waals surface area contributed by atoms with Crippen LogP contribution in [0.4, 0.5) is 0 Å². The zero-order chi connectivity index (χ0) is 24.1. The zero-order valence-electron chi connectivity index (χ0n) is 20.3. The van der Waals surface area contributed by atoms with Crippen molar-refractivity contribution < 1.29 is 14.6 Å². The Morgan fingerprint density at radius 1 is 1.00 bits per heavy atom. The number of aliphatic hydroxyl groups excluding tert-OH is 1. The van der Waals surface area contributed by atoms with E-state index in [-0.39, 0.29) is 0 Å². The van der Waals surface area contributed by atoms with Crippen LogP contribution in [0.15, 0.2) is 66.7 Å². The number of aromatic nitrogens is 2. The molecule has 0 aliphatic heterocycles. The number of methoxy groups -OCH3 is 1. The molecule has 176 valence electrons. The molecule has 3 aromatic carbocycles. The molecule has 34 heavy (non-hydrogen) atoms. The Balaban J connectivity index is 1.56. The van der Waals surface area contributed by atoms with Gasteiger partial charge in [0.15, 0.2) is 11.5 Å². The molecule has 0 saturated carbocycles.